The molecule has 1 rings (SSSR count). The third kappa shape index (κ3) is 3.55. The number of carbonyl (C=O) groups excluding carboxylic acids is 1. The fourth-order valence-corrected chi connectivity index (χ4v) is 1.27. The summed E-state index contributed by atoms with van der Waals surface area (Å²) in [7, 11) is 1.62. The fraction of sp³-hybridized carbons (Fsp3) is 0.417. The van der Waals surface area contributed by atoms with E-state index in [1.165, 1.54) is 6.07 Å². The zero-order chi connectivity index (χ0) is 12.0. The molecule has 1 aromatic carbocycles. The standard InChI is InChI=1S/C12H17NO3/c1-9-4-5-10(8-11(9)14)12(15)13-6-3-7-16-2/h4-5,8,14H,3,6-7H2,1-2H3,(H,13,15). The molecular formula is C12H17NO3. The summed E-state index contributed by atoms with van der Waals surface area (Å²) < 4.78 is 4.87. The summed E-state index contributed by atoms with van der Waals surface area (Å²) in [6.45, 7) is 2.98. The molecule has 0 unspecified atom stereocenters. The third-order valence-corrected chi connectivity index (χ3v) is 2.28. The highest BCUT2D eigenvalue weighted by molar-refractivity contribution is 5.94. The first-order valence-corrected chi connectivity index (χ1v) is 5.22. The van der Waals surface area contributed by atoms with Crippen molar-refractivity contribution in [3.8, 4) is 5.75 Å². The van der Waals surface area contributed by atoms with Crippen molar-refractivity contribution in [2.24, 2.45) is 0 Å². The highest BCUT2D eigenvalue weighted by Gasteiger charge is 2.06. The molecule has 1 aromatic rings. The van der Waals surface area contributed by atoms with Crippen molar-refractivity contribution in [2.45, 2.75) is 13.3 Å². The monoisotopic (exact) mass is 223 g/mol. The number of methoxy groups -OCH3 is 1. The average molecular weight is 223 g/mol. The van der Waals surface area contributed by atoms with Gasteiger partial charge in [0.25, 0.3) is 5.91 Å². The van der Waals surface area contributed by atoms with Crippen LogP contribution in [0.4, 0.5) is 0 Å². The van der Waals surface area contributed by atoms with Gasteiger partial charge in [0, 0.05) is 25.8 Å². The predicted octanol–water partition coefficient (Wildman–Crippen LogP) is 1.47. The van der Waals surface area contributed by atoms with Gasteiger partial charge in [0.05, 0.1) is 0 Å². The second kappa shape index (κ2) is 6.12. The van der Waals surface area contributed by atoms with E-state index in [2.05, 4.69) is 5.32 Å². The summed E-state index contributed by atoms with van der Waals surface area (Å²) in [6, 6.07) is 4.89. The van der Waals surface area contributed by atoms with Gasteiger partial charge < -0.3 is 15.2 Å². The molecule has 88 valence electrons. The Morgan fingerprint density at radius 1 is 1.50 bits per heavy atom. The van der Waals surface area contributed by atoms with Gasteiger partial charge in [0.2, 0.25) is 0 Å². The second-order valence-corrected chi connectivity index (χ2v) is 3.60. The van der Waals surface area contributed by atoms with Gasteiger partial charge in [-0.2, -0.15) is 0 Å². The van der Waals surface area contributed by atoms with Crippen LogP contribution in [0.3, 0.4) is 0 Å². The molecule has 2 N–H and O–H groups in total. The number of nitrogens with one attached hydrogen (secondary N) is 1. The van der Waals surface area contributed by atoms with E-state index in [0.717, 1.165) is 12.0 Å². The molecule has 0 aliphatic rings. The van der Waals surface area contributed by atoms with E-state index in [9.17, 15) is 9.90 Å². The van der Waals surface area contributed by atoms with Crippen LogP contribution in [-0.2, 0) is 4.74 Å². The van der Waals surface area contributed by atoms with E-state index in [4.69, 9.17) is 4.74 Å². The maximum absolute atomic E-state index is 11.6. The normalized spacial score (nSPS) is 10.1. The van der Waals surface area contributed by atoms with Crippen LogP contribution >= 0.6 is 0 Å². The summed E-state index contributed by atoms with van der Waals surface area (Å²) in [6.07, 6.45) is 0.778. The van der Waals surface area contributed by atoms with E-state index < -0.39 is 0 Å². The minimum absolute atomic E-state index is 0.143. The Hall–Kier alpha value is -1.55. The molecule has 0 bridgehead atoms. The Bertz CT molecular complexity index is 363. The smallest absolute Gasteiger partial charge is 0.251 e. The Labute approximate surface area is 95.2 Å². The zero-order valence-corrected chi connectivity index (χ0v) is 9.62. The summed E-state index contributed by atoms with van der Waals surface area (Å²) in [5, 5.41) is 12.2. The molecule has 4 nitrogen and oxygen atoms in total. The van der Waals surface area contributed by atoms with Crippen LogP contribution in [0.5, 0.6) is 5.75 Å². The summed E-state index contributed by atoms with van der Waals surface area (Å²) in [4.78, 5) is 11.6. The van der Waals surface area contributed by atoms with E-state index in [1.807, 2.05) is 0 Å². The van der Waals surface area contributed by atoms with Gasteiger partial charge in [-0.05, 0) is 31.0 Å². The molecule has 0 radical (unpaired) electrons. The molecule has 0 aliphatic heterocycles. The number of ether oxygens (including phenoxy) is 1. The Morgan fingerprint density at radius 3 is 2.88 bits per heavy atom. The highest BCUT2D eigenvalue weighted by Crippen LogP contribution is 2.17. The molecule has 0 heterocycles. The van der Waals surface area contributed by atoms with Crippen LogP contribution < -0.4 is 5.32 Å². The van der Waals surface area contributed by atoms with E-state index in [-0.39, 0.29) is 11.7 Å². The Morgan fingerprint density at radius 2 is 2.25 bits per heavy atom. The number of aromatic hydroxyl groups is 1. The summed E-state index contributed by atoms with van der Waals surface area (Å²) >= 11 is 0. The maximum atomic E-state index is 11.6. The quantitative estimate of drug-likeness (QED) is 0.743. The van der Waals surface area contributed by atoms with Crippen molar-refractivity contribution in [2.75, 3.05) is 20.3 Å². The first-order valence-electron chi connectivity index (χ1n) is 5.22. The van der Waals surface area contributed by atoms with Crippen molar-refractivity contribution in [1.82, 2.24) is 5.32 Å². The lowest BCUT2D eigenvalue weighted by Gasteiger charge is -2.06. The van der Waals surface area contributed by atoms with Gasteiger partial charge in [0.15, 0.2) is 0 Å². The molecule has 0 aliphatic carbocycles. The molecule has 16 heavy (non-hydrogen) atoms. The number of carbonyl (C=O) groups is 1. The molecule has 0 saturated heterocycles. The van der Waals surface area contributed by atoms with Crippen LogP contribution in [0.1, 0.15) is 22.3 Å². The van der Waals surface area contributed by atoms with E-state index in [0.29, 0.717) is 18.7 Å². The molecule has 0 fully saturated rings. The number of aryl methyl sites for hydroxylation is 1. The number of benzene rings is 1. The van der Waals surface area contributed by atoms with Gasteiger partial charge in [0.1, 0.15) is 5.75 Å². The molecule has 0 spiro atoms. The van der Waals surface area contributed by atoms with Gasteiger partial charge in [-0.15, -0.1) is 0 Å². The van der Waals surface area contributed by atoms with Gasteiger partial charge in [-0.25, -0.2) is 0 Å². The molecule has 0 saturated carbocycles. The largest absolute Gasteiger partial charge is 0.508 e. The van der Waals surface area contributed by atoms with Crippen molar-refractivity contribution >= 4 is 5.91 Å². The Kier molecular flexibility index (Phi) is 4.79. The SMILES string of the molecule is COCCCNC(=O)c1ccc(C)c(O)c1. The second-order valence-electron chi connectivity index (χ2n) is 3.60. The highest BCUT2D eigenvalue weighted by atomic mass is 16.5. The summed E-state index contributed by atoms with van der Waals surface area (Å²) in [5.41, 5.74) is 1.23. The van der Waals surface area contributed by atoms with E-state index in [1.54, 1.807) is 26.2 Å². The number of hydrogen-bond donors (Lipinski definition) is 2. The zero-order valence-electron chi connectivity index (χ0n) is 9.62. The third-order valence-electron chi connectivity index (χ3n) is 2.28. The van der Waals surface area contributed by atoms with Crippen LogP contribution in [0.2, 0.25) is 0 Å². The first kappa shape index (κ1) is 12.5. The number of phenolic OH excluding ortho intramolecular Hbond substituents is 1. The molecular weight excluding hydrogens is 206 g/mol. The van der Waals surface area contributed by atoms with Gasteiger partial charge in [-0.1, -0.05) is 6.07 Å². The predicted molar refractivity (Wildman–Crippen MR) is 61.7 cm³/mol. The topological polar surface area (TPSA) is 58.6 Å². The molecule has 0 atom stereocenters. The number of rotatable bonds is 5. The van der Waals surface area contributed by atoms with Crippen LogP contribution in [-0.4, -0.2) is 31.3 Å². The minimum Gasteiger partial charge on any atom is -0.508 e. The maximum Gasteiger partial charge on any atom is 0.251 e. The van der Waals surface area contributed by atoms with Gasteiger partial charge in [-0.3, -0.25) is 4.79 Å². The lowest BCUT2D eigenvalue weighted by atomic mass is 10.1. The molecule has 1 amide bonds. The molecule has 0 aromatic heterocycles. The van der Waals surface area contributed by atoms with Crippen LogP contribution in [0.25, 0.3) is 0 Å². The van der Waals surface area contributed by atoms with Crippen molar-refractivity contribution in [3.05, 3.63) is 29.3 Å². The fourth-order valence-electron chi connectivity index (χ4n) is 1.27. The lowest BCUT2D eigenvalue weighted by molar-refractivity contribution is 0.0948. The minimum atomic E-state index is -0.175. The van der Waals surface area contributed by atoms with Crippen molar-refractivity contribution in [1.29, 1.82) is 0 Å². The van der Waals surface area contributed by atoms with Crippen molar-refractivity contribution < 1.29 is 14.6 Å². The lowest BCUT2D eigenvalue weighted by Crippen LogP contribution is -2.25. The van der Waals surface area contributed by atoms with Crippen LogP contribution in [0, 0.1) is 6.92 Å². The van der Waals surface area contributed by atoms with Gasteiger partial charge >= 0.3 is 0 Å². The Balaban J connectivity index is 2.50. The number of hydrogen-bond acceptors (Lipinski definition) is 3. The average Bonchev–Trinajstić information content (AvgIpc) is 2.28. The van der Waals surface area contributed by atoms with Crippen molar-refractivity contribution in [3.63, 3.8) is 0 Å². The molecule has 4 heteroatoms. The van der Waals surface area contributed by atoms with Crippen LogP contribution in [0.15, 0.2) is 18.2 Å². The number of phenols is 1. The summed E-state index contributed by atoms with van der Waals surface area (Å²) in [5.74, 6) is -0.0315. The number of amides is 1. The van der Waals surface area contributed by atoms with E-state index >= 15 is 0 Å². The first-order chi connectivity index (χ1) is 7.65.